The van der Waals surface area contributed by atoms with Gasteiger partial charge in [0.2, 0.25) is 0 Å². The Morgan fingerprint density at radius 3 is 2.94 bits per heavy atom. The molecule has 5 nitrogen and oxygen atoms in total. The Balaban J connectivity index is 2.09. The summed E-state index contributed by atoms with van der Waals surface area (Å²) < 4.78 is 10.2. The number of aliphatic hydroxyl groups excluding tert-OH is 1. The van der Waals surface area contributed by atoms with Gasteiger partial charge in [0.1, 0.15) is 0 Å². The summed E-state index contributed by atoms with van der Waals surface area (Å²) in [5.74, 6) is 0. The minimum Gasteiger partial charge on any atom is -0.389 e. The number of nitrogens with zero attached hydrogens (tertiary/aromatic N) is 1. The van der Waals surface area contributed by atoms with E-state index in [9.17, 15) is 5.11 Å². The van der Waals surface area contributed by atoms with Crippen LogP contribution in [0.3, 0.4) is 0 Å². The molecule has 0 aromatic heterocycles. The molecule has 2 atom stereocenters. The van der Waals surface area contributed by atoms with E-state index >= 15 is 0 Å². The van der Waals surface area contributed by atoms with Crippen molar-refractivity contribution in [2.45, 2.75) is 25.0 Å². The normalized spacial score (nSPS) is 22.9. The Morgan fingerprint density at radius 2 is 2.29 bits per heavy atom. The van der Waals surface area contributed by atoms with Crippen LogP contribution in [-0.4, -0.2) is 75.8 Å². The number of aliphatic hydroxyl groups is 1. The maximum atomic E-state index is 9.82. The van der Waals surface area contributed by atoms with Crippen molar-refractivity contribution in [1.29, 1.82) is 0 Å². The van der Waals surface area contributed by atoms with Gasteiger partial charge in [-0.05, 0) is 26.4 Å². The predicted molar refractivity (Wildman–Crippen MR) is 67.2 cm³/mol. The molecule has 0 aliphatic carbocycles. The molecular weight excluding hydrogens is 220 g/mol. The topological polar surface area (TPSA) is 54.0 Å². The van der Waals surface area contributed by atoms with Gasteiger partial charge >= 0.3 is 0 Å². The first-order valence-corrected chi connectivity index (χ1v) is 6.39. The standard InChI is InChI=1S/C12H26N2O3/c1-14(11-4-3-5-13-8-11)9-12(15)10-17-7-6-16-2/h11-13,15H,3-10H2,1-2H3. The van der Waals surface area contributed by atoms with Crippen LogP contribution in [0, 0.1) is 0 Å². The summed E-state index contributed by atoms with van der Waals surface area (Å²) >= 11 is 0. The quantitative estimate of drug-likeness (QED) is 0.576. The maximum Gasteiger partial charge on any atom is 0.0900 e. The van der Waals surface area contributed by atoms with Gasteiger partial charge in [-0.1, -0.05) is 0 Å². The maximum absolute atomic E-state index is 9.82. The zero-order chi connectivity index (χ0) is 12.5. The highest BCUT2D eigenvalue weighted by molar-refractivity contribution is 4.77. The summed E-state index contributed by atoms with van der Waals surface area (Å²) in [6, 6.07) is 0.539. The lowest BCUT2D eigenvalue weighted by molar-refractivity contribution is -0.00350. The van der Waals surface area contributed by atoms with Crippen molar-refractivity contribution in [2.75, 3.05) is 53.6 Å². The van der Waals surface area contributed by atoms with Gasteiger partial charge < -0.3 is 19.9 Å². The van der Waals surface area contributed by atoms with E-state index in [2.05, 4.69) is 17.3 Å². The number of piperidine rings is 1. The van der Waals surface area contributed by atoms with Gasteiger partial charge in [0, 0.05) is 26.2 Å². The Bertz CT molecular complexity index is 187. The van der Waals surface area contributed by atoms with E-state index in [0.717, 1.165) is 13.1 Å². The van der Waals surface area contributed by atoms with Crippen molar-refractivity contribution in [3.8, 4) is 0 Å². The molecule has 1 aliphatic heterocycles. The molecule has 1 heterocycles. The third-order valence-corrected chi connectivity index (χ3v) is 3.13. The van der Waals surface area contributed by atoms with E-state index in [-0.39, 0.29) is 0 Å². The van der Waals surface area contributed by atoms with Crippen molar-refractivity contribution < 1.29 is 14.6 Å². The van der Waals surface area contributed by atoms with Gasteiger partial charge in [0.15, 0.2) is 0 Å². The van der Waals surface area contributed by atoms with Crippen molar-refractivity contribution in [3.63, 3.8) is 0 Å². The van der Waals surface area contributed by atoms with Crippen LogP contribution in [0.15, 0.2) is 0 Å². The summed E-state index contributed by atoms with van der Waals surface area (Å²) in [4.78, 5) is 2.22. The first kappa shape index (κ1) is 14.9. The van der Waals surface area contributed by atoms with E-state index in [1.165, 1.54) is 12.8 Å². The van der Waals surface area contributed by atoms with Crippen LogP contribution in [0.1, 0.15) is 12.8 Å². The molecule has 5 heteroatoms. The van der Waals surface area contributed by atoms with Crippen LogP contribution in [0.2, 0.25) is 0 Å². The predicted octanol–water partition coefficient (Wildman–Crippen LogP) is -0.306. The van der Waals surface area contributed by atoms with Crippen LogP contribution in [-0.2, 0) is 9.47 Å². The number of rotatable bonds is 8. The van der Waals surface area contributed by atoms with E-state index in [4.69, 9.17) is 9.47 Å². The third kappa shape index (κ3) is 6.33. The van der Waals surface area contributed by atoms with E-state index in [1.807, 2.05) is 0 Å². The van der Waals surface area contributed by atoms with E-state index < -0.39 is 6.10 Å². The molecule has 1 aliphatic rings. The third-order valence-electron chi connectivity index (χ3n) is 3.13. The Hall–Kier alpha value is -0.200. The highest BCUT2D eigenvalue weighted by atomic mass is 16.5. The SMILES string of the molecule is COCCOCC(O)CN(C)C1CCCNC1. The van der Waals surface area contributed by atoms with E-state index in [0.29, 0.717) is 32.4 Å². The Kier molecular flexibility index (Phi) is 7.72. The molecule has 17 heavy (non-hydrogen) atoms. The number of likely N-dealkylation sites (N-methyl/N-ethyl adjacent to an activating group) is 1. The lowest BCUT2D eigenvalue weighted by Crippen LogP contribution is -2.47. The van der Waals surface area contributed by atoms with Crippen molar-refractivity contribution >= 4 is 0 Å². The summed E-state index contributed by atoms with van der Waals surface area (Å²) in [6.07, 6.45) is 2.01. The molecule has 0 spiro atoms. The average Bonchev–Trinajstić information content (AvgIpc) is 2.36. The minimum absolute atomic E-state index is 0.383. The molecule has 2 unspecified atom stereocenters. The van der Waals surface area contributed by atoms with Crippen molar-refractivity contribution in [2.24, 2.45) is 0 Å². The molecule has 0 aromatic carbocycles. The number of hydrogen-bond donors (Lipinski definition) is 2. The Labute approximate surface area is 104 Å². The fourth-order valence-electron chi connectivity index (χ4n) is 2.11. The molecule has 102 valence electrons. The molecule has 1 fully saturated rings. The molecule has 0 aromatic rings. The molecule has 1 rings (SSSR count). The van der Waals surface area contributed by atoms with Gasteiger partial charge in [-0.2, -0.15) is 0 Å². The lowest BCUT2D eigenvalue weighted by Gasteiger charge is -2.32. The van der Waals surface area contributed by atoms with Crippen LogP contribution >= 0.6 is 0 Å². The highest BCUT2D eigenvalue weighted by Gasteiger charge is 2.19. The molecule has 1 saturated heterocycles. The zero-order valence-electron chi connectivity index (χ0n) is 11.0. The molecular formula is C12H26N2O3. The number of hydrogen-bond acceptors (Lipinski definition) is 5. The van der Waals surface area contributed by atoms with Gasteiger partial charge in [0.25, 0.3) is 0 Å². The summed E-state index contributed by atoms with van der Waals surface area (Å²) in [7, 11) is 3.71. The number of methoxy groups -OCH3 is 1. The lowest BCUT2D eigenvalue weighted by atomic mass is 10.1. The van der Waals surface area contributed by atoms with E-state index in [1.54, 1.807) is 7.11 Å². The second-order valence-corrected chi connectivity index (χ2v) is 4.66. The molecule has 2 N–H and O–H groups in total. The Morgan fingerprint density at radius 1 is 1.47 bits per heavy atom. The van der Waals surface area contributed by atoms with Crippen LogP contribution in [0.5, 0.6) is 0 Å². The van der Waals surface area contributed by atoms with Gasteiger partial charge in [0.05, 0.1) is 25.9 Å². The van der Waals surface area contributed by atoms with Crippen molar-refractivity contribution in [3.05, 3.63) is 0 Å². The van der Waals surface area contributed by atoms with Crippen LogP contribution in [0.4, 0.5) is 0 Å². The summed E-state index contributed by atoms with van der Waals surface area (Å²) in [6.45, 7) is 4.31. The van der Waals surface area contributed by atoms with Crippen LogP contribution in [0.25, 0.3) is 0 Å². The van der Waals surface area contributed by atoms with Gasteiger partial charge in [-0.15, -0.1) is 0 Å². The fourth-order valence-corrected chi connectivity index (χ4v) is 2.11. The minimum atomic E-state index is -0.418. The van der Waals surface area contributed by atoms with Gasteiger partial charge in [-0.25, -0.2) is 0 Å². The van der Waals surface area contributed by atoms with Crippen molar-refractivity contribution in [1.82, 2.24) is 10.2 Å². The highest BCUT2D eigenvalue weighted by Crippen LogP contribution is 2.08. The fraction of sp³-hybridized carbons (Fsp3) is 1.00. The largest absolute Gasteiger partial charge is 0.389 e. The monoisotopic (exact) mass is 246 g/mol. The molecule has 0 radical (unpaired) electrons. The summed E-state index contributed by atoms with van der Waals surface area (Å²) in [5, 5.41) is 13.2. The average molecular weight is 246 g/mol. The number of ether oxygens (including phenoxy) is 2. The zero-order valence-corrected chi connectivity index (χ0v) is 11.0. The second kappa shape index (κ2) is 8.83. The first-order chi connectivity index (χ1) is 8.24. The second-order valence-electron chi connectivity index (χ2n) is 4.66. The van der Waals surface area contributed by atoms with Crippen LogP contribution < -0.4 is 5.32 Å². The molecule has 0 bridgehead atoms. The molecule has 0 amide bonds. The van der Waals surface area contributed by atoms with Gasteiger partial charge in [-0.3, -0.25) is 4.90 Å². The summed E-state index contributed by atoms with van der Waals surface area (Å²) in [5.41, 5.74) is 0. The molecule has 0 saturated carbocycles. The smallest absolute Gasteiger partial charge is 0.0900 e. The first-order valence-electron chi connectivity index (χ1n) is 6.39. The number of nitrogens with one attached hydrogen (secondary N) is 1.